The first-order chi connectivity index (χ1) is 16.2. The summed E-state index contributed by atoms with van der Waals surface area (Å²) in [6.45, 7) is 2.50. The van der Waals surface area contributed by atoms with E-state index in [4.69, 9.17) is 4.98 Å². The fraction of sp³-hybridized carbons (Fsp3) is 0.0870. The molecule has 10 nitrogen and oxygen atoms in total. The molecule has 0 spiro atoms. The Morgan fingerprint density at radius 1 is 0.939 bits per heavy atom. The van der Waals surface area contributed by atoms with E-state index in [1.54, 1.807) is 17.2 Å². The Hall–Kier alpha value is -4.73. The molecule has 6 aromatic heterocycles. The van der Waals surface area contributed by atoms with Gasteiger partial charge in [-0.15, -0.1) is 5.10 Å². The molecule has 6 aromatic rings. The number of hydrogen-bond acceptors (Lipinski definition) is 7. The van der Waals surface area contributed by atoms with Crippen molar-refractivity contribution in [2.75, 3.05) is 0 Å². The number of hydrogen-bond donors (Lipinski definition) is 2. The third kappa shape index (κ3) is 3.63. The van der Waals surface area contributed by atoms with Crippen molar-refractivity contribution in [1.29, 1.82) is 0 Å². The van der Waals surface area contributed by atoms with E-state index in [1.807, 2.05) is 61.9 Å². The Morgan fingerprint density at radius 3 is 2.79 bits per heavy atom. The zero-order chi connectivity index (χ0) is 22.2. The molecule has 2 N–H and O–H groups in total. The molecular formula is C23H18N10. The van der Waals surface area contributed by atoms with Gasteiger partial charge in [0.25, 0.3) is 0 Å². The average molecular weight is 434 g/mol. The maximum atomic E-state index is 4.86. The first-order valence-corrected chi connectivity index (χ1v) is 10.4. The zero-order valence-electron chi connectivity index (χ0n) is 17.6. The standard InChI is InChI=1S/C23H18N10/c1-14-3-2-4-20(28-14)23-17(10-27-31-23)18-5-6-19-21(29-18)7-15(8-25-19)22-12-33(32-30-22)11-16-9-24-13-26-16/h2-10,12-13H,11H2,1H3,(H,24,26)(H,27,31). The van der Waals surface area contributed by atoms with Gasteiger partial charge >= 0.3 is 0 Å². The highest BCUT2D eigenvalue weighted by Gasteiger charge is 2.14. The average Bonchev–Trinajstić information content (AvgIpc) is 3.61. The summed E-state index contributed by atoms with van der Waals surface area (Å²) in [5.41, 5.74) is 8.16. The van der Waals surface area contributed by atoms with Crippen LogP contribution in [0.5, 0.6) is 0 Å². The highest BCUT2D eigenvalue weighted by molar-refractivity contribution is 5.84. The van der Waals surface area contributed by atoms with Crippen molar-refractivity contribution in [3.63, 3.8) is 0 Å². The van der Waals surface area contributed by atoms with Gasteiger partial charge in [-0.2, -0.15) is 5.10 Å². The molecule has 10 heteroatoms. The molecule has 0 aromatic carbocycles. The van der Waals surface area contributed by atoms with Crippen molar-refractivity contribution >= 4 is 11.0 Å². The van der Waals surface area contributed by atoms with Crippen LogP contribution in [0.4, 0.5) is 0 Å². The summed E-state index contributed by atoms with van der Waals surface area (Å²) in [7, 11) is 0. The van der Waals surface area contributed by atoms with E-state index in [2.05, 4.69) is 40.4 Å². The van der Waals surface area contributed by atoms with Crippen LogP contribution in [0.25, 0.3) is 44.9 Å². The van der Waals surface area contributed by atoms with Crippen LogP contribution in [0.1, 0.15) is 11.4 Å². The third-order valence-electron chi connectivity index (χ3n) is 5.30. The van der Waals surface area contributed by atoms with Gasteiger partial charge in [0, 0.05) is 35.4 Å². The summed E-state index contributed by atoms with van der Waals surface area (Å²) in [4.78, 5) is 21.2. The predicted octanol–water partition coefficient (Wildman–Crippen LogP) is 3.42. The van der Waals surface area contributed by atoms with E-state index in [9.17, 15) is 0 Å². The lowest BCUT2D eigenvalue weighted by Crippen LogP contribution is -2.00. The molecule has 0 aliphatic rings. The van der Waals surface area contributed by atoms with Gasteiger partial charge in [-0.3, -0.25) is 15.1 Å². The normalized spacial score (nSPS) is 11.3. The minimum atomic E-state index is 0.538. The maximum Gasteiger partial charge on any atom is 0.120 e. The van der Waals surface area contributed by atoms with Crippen LogP contribution in [-0.4, -0.2) is 50.1 Å². The second kappa shape index (κ2) is 7.75. The number of aromatic nitrogens is 10. The molecule has 0 aliphatic carbocycles. The van der Waals surface area contributed by atoms with Crippen LogP contribution in [0, 0.1) is 6.92 Å². The quantitative estimate of drug-likeness (QED) is 0.426. The number of fused-ring (bicyclic) bond motifs is 1. The Morgan fingerprint density at radius 2 is 1.91 bits per heavy atom. The number of imidazole rings is 1. The van der Waals surface area contributed by atoms with E-state index in [0.29, 0.717) is 6.54 Å². The summed E-state index contributed by atoms with van der Waals surface area (Å²) in [6, 6.07) is 11.7. The number of H-pyrrole nitrogens is 2. The van der Waals surface area contributed by atoms with Crippen molar-refractivity contribution in [2.24, 2.45) is 0 Å². The molecule has 0 bridgehead atoms. The smallest absolute Gasteiger partial charge is 0.120 e. The van der Waals surface area contributed by atoms with Crippen molar-refractivity contribution in [3.05, 3.63) is 78.9 Å². The lowest BCUT2D eigenvalue weighted by molar-refractivity contribution is 0.641. The molecule has 0 radical (unpaired) electrons. The predicted molar refractivity (Wildman–Crippen MR) is 122 cm³/mol. The van der Waals surface area contributed by atoms with Crippen LogP contribution in [0.15, 0.2) is 67.5 Å². The van der Waals surface area contributed by atoms with Crippen LogP contribution in [-0.2, 0) is 6.54 Å². The first kappa shape index (κ1) is 19.0. The largest absolute Gasteiger partial charge is 0.351 e. The molecular weight excluding hydrogens is 416 g/mol. The molecule has 6 rings (SSSR count). The molecule has 160 valence electrons. The van der Waals surface area contributed by atoms with Gasteiger partial charge < -0.3 is 4.98 Å². The number of pyridine rings is 3. The number of aromatic amines is 2. The highest BCUT2D eigenvalue weighted by atomic mass is 15.4. The minimum Gasteiger partial charge on any atom is -0.351 e. The minimum absolute atomic E-state index is 0.538. The van der Waals surface area contributed by atoms with Crippen molar-refractivity contribution in [2.45, 2.75) is 13.5 Å². The second-order valence-electron chi connectivity index (χ2n) is 7.63. The summed E-state index contributed by atoms with van der Waals surface area (Å²) < 4.78 is 1.74. The Balaban J connectivity index is 1.36. The van der Waals surface area contributed by atoms with Crippen LogP contribution < -0.4 is 0 Å². The van der Waals surface area contributed by atoms with Gasteiger partial charge in [0.15, 0.2) is 0 Å². The molecule has 0 saturated heterocycles. The van der Waals surface area contributed by atoms with E-state index in [1.165, 1.54) is 0 Å². The Kier molecular flexibility index (Phi) is 4.46. The van der Waals surface area contributed by atoms with E-state index < -0.39 is 0 Å². The fourth-order valence-corrected chi connectivity index (χ4v) is 3.70. The van der Waals surface area contributed by atoms with Gasteiger partial charge in [0.2, 0.25) is 0 Å². The van der Waals surface area contributed by atoms with Gasteiger partial charge in [-0.25, -0.2) is 14.6 Å². The number of rotatable bonds is 5. The topological polar surface area (TPSA) is 127 Å². The van der Waals surface area contributed by atoms with Gasteiger partial charge in [0.05, 0.1) is 47.2 Å². The first-order valence-electron chi connectivity index (χ1n) is 10.4. The van der Waals surface area contributed by atoms with E-state index in [0.717, 1.165) is 56.3 Å². The van der Waals surface area contributed by atoms with Crippen LogP contribution >= 0.6 is 0 Å². The monoisotopic (exact) mass is 434 g/mol. The third-order valence-corrected chi connectivity index (χ3v) is 5.30. The fourth-order valence-electron chi connectivity index (χ4n) is 3.70. The van der Waals surface area contributed by atoms with Crippen molar-refractivity contribution in [3.8, 4) is 33.9 Å². The molecule has 0 atom stereocenters. The van der Waals surface area contributed by atoms with Crippen molar-refractivity contribution in [1.82, 2.24) is 50.1 Å². The van der Waals surface area contributed by atoms with Gasteiger partial charge in [0.1, 0.15) is 11.4 Å². The molecule has 0 aliphatic heterocycles. The van der Waals surface area contributed by atoms with Gasteiger partial charge in [-0.1, -0.05) is 11.3 Å². The second-order valence-corrected chi connectivity index (χ2v) is 7.63. The lowest BCUT2D eigenvalue weighted by atomic mass is 10.1. The maximum absolute atomic E-state index is 4.86. The van der Waals surface area contributed by atoms with Crippen LogP contribution in [0.3, 0.4) is 0 Å². The highest BCUT2D eigenvalue weighted by Crippen LogP contribution is 2.29. The van der Waals surface area contributed by atoms with E-state index in [-0.39, 0.29) is 0 Å². The van der Waals surface area contributed by atoms with Crippen molar-refractivity contribution < 1.29 is 0 Å². The summed E-state index contributed by atoms with van der Waals surface area (Å²) >= 11 is 0. The molecule has 0 amide bonds. The molecule has 0 fully saturated rings. The SMILES string of the molecule is Cc1cccc(-c2n[nH]cc2-c2ccc3ncc(-c4cn(Cc5c[nH]cn5)nn4)cc3n2)n1. The molecule has 0 saturated carbocycles. The Bertz CT molecular complexity index is 1560. The summed E-state index contributed by atoms with van der Waals surface area (Å²) in [5, 5.41) is 15.9. The lowest BCUT2D eigenvalue weighted by Gasteiger charge is -2.05. The molecule has 33 heavy (non-hydrogen) atoms. The summed E-state index contributed by atoms with van der Waals surface area (Å²) in [5.74, 6) is 0. The number of nitrogens with one attached hydrogen (secondary N) is 2. The number of aryl methyl sites for hydroxylation is 1. The molecule has 0 unspecified atom stereocenters. The van der Waals surface area contributed by atoms with Gasteiger partial charge in [-0.05, 0) is 37.3 Å². The zero-order valence-corrected chi connectivity index (χ0v) is 17.6. The van der Waals surface area contributed by atoms with Crippen LogP contribution in [0.2, 0.25) is 0 Å². The number of nitrogens with zero attached hydrogens (tertiary/aromatic N) is 8. The van der Waals surface area contributed by atoms with E-state index >= 15 is 0 Å². The summed E-state index contributed by atoms with van der Waals surface area (Å²) in [6.07, 6.45) is 8.97. The molecule has 6 heterocycles. The Labute approximate surface area is 187 Å².